The summed E-state index contributed by atoms with van der Waals surface area (Å²) in [6.07, 6.45) is 0. The first-order valence-electron chi connectivity index (χ1n) is 12.8. The summed E-state index contributed by atoms with van der Waals surface area (Å²) in [5, 5.41) is 0.698. The van der Waals surface area contributed by atoms with Crippen molar-refractivity contribution in [2.45, 2.75) is 32.7 Å². The van der Waals surface area contributed by atoms with Crippen LogP contribution in [0.25, 0.3) is 0 Å². The fourth-order valence-electron chi connectivity index (χ4n) is 5.64. The van der Waals surface area contributed by atoms with Crippen molar-refractivity contribution >= 4 is 75.1 Å². The Labute approximate surface area is 245 Å². The number of thioether (sulfide) groups is 2. The zero-order valence-corrected chi connectivity index (χ0v) is 25.3. The molecule has 0 radical (unpaired) electrons. The molecule has 0 aromatic heterocycles. The molecule has 38 heavy (non-hydrogen) atoms. The number of hydrogen-bond acceptors (Lipinski definition) is 5. The Morgan fingerprint density at radius 1 is 0.632 bits per heavy atom. The summed E-state index contributed by atoms with van der Waals surface area (Å²) >= 11 is 16.8. The number of nitrogens with zero attached hydrogens (tertiary/aromatic N) is 3. The third-order valence-corrected chi connectivity index (χ3v) is 12.0. The number of rotatable bonds is 3. The number of para-hydroxylation sites is 3. The van der Waals surface area contributed by atoms with Crippen LogP contribution in [0.3, 0.4) is 0 Å². The minimum Gasteiger partial charge on any atom is -0.305 e. The number of thiocarbonyl (C=S) groups is 2. The van der Waals surface area contributed by atoms with Crippen LogP contribution >= 0.6 is 48.0 Å². The van der Waals surface area contributed by atoms with E-state index in [0.29, 0.717) is 5.11 Å². The molecule has 1 fully saturated rings. The van der Waals surface area contributed by atoms with Crippen LogP contribution in [0, 0.1) is 10.8 Å². The van der Waals surface area contributed by atoms with E-state index in [9.17, 15) is 0 Å². The van der Waals surface area contributed by atoms with Crippen LogP contribution in [-0.2, 0) is 0 Å². The van der Waals surface area contributed by atoms with Crippen LogP contribution in [0.1, 0.15) is 27.7 Å². The van der Waals surface area contributed by atoms with E-state index < -0.39 is 4.99 Å². The number of anilines is 3. The Morgan fingerprint density at radius 2 is 1.11 bits per heavy atom. The van der Waals surface area contributed by atoms with Crippen molar-refractivity contribution in [3.05, 3.63) is 102 Å². The maximum atomic E-state index is 6.53. The summed E-state index contributed by atoms with van der Waals surface area (Å²) in [6, 6.07) is 31.5. The van der Waals surface area contributed by atoms with Gasteiger partial charge in [-0.3, -0.25) is 9.80 Å². The zero-order chi connectivity index (χ0) is 26.7. The smallest absolute Gasteiger partial charge is 0.229 e. The van der Waals surface area contributed by atoms with Gasteiger partial charge in [0.15, 0.2) is 5.11 Å². The average molecular weight is 574 g/mol. The third kappa shape index (κ3) is 3.85. The lowest BCUT2D eigenvalue weighted by molar-refractivity contribution is 0.472. The topological polar surface area (TPSA) is 9.72 Å². The highest BCUT2D eigenvalue weighted by molar-refractivity contribution is 8.07. The van der Waals surface area contributed by atoms with Gasteiger partial charge in [0.25, 0.3) is 0 Å². The minimum atomic E-state index is -0.758. The van der Waals surface area contributed by atoms with Gasteiger partial charge in [-0.25, -0.2) is 0 Å². The summed E-state index contributed by atoms with van der Waals surface area (Å²) in [4.78, 5) is 8.35. The van der Waals surface area contributed by atoms with Crippen molar-refractivity contribution < 1.29 is 0 Å². The van der Waals surface area contributed by atoms with Gasteiger partial charge >= 0.3 is 0 Å². The fraction of sp³-hybridized carbons (Fsp3) is 0.290. The highest BCUT2D eigenvalue weighted by atomic mass is 32.2. The lowest BCUT2D eigenvalue weighted by Crippen LogP contribution is -2.58. The van der Waals surface area contributed by atoms with E-state index in [1.165, 1.54) is 10.6 Å². The molecule has 3 aromatic rings. The summed E-state index contributed by atoms with van der Waals surface area (Å²) in [5.74, 6) is 2.10. The van der Waals surface area contributed by atoms with Crippen LogP contribution in [0.15, 0.2) is 102 Å². The number of benzene rings is 3. The van der Waals surface area contributed by atoms with Crippen molar-refractivity contribution in [3.8, 4) is 0 Å². The Kier molecular flexibility index (Phi) is 6.42. The Bertz CT molecular complexity index is 1420. The standard InChI is InChI=1S/C31H31N3S4/c1-29(2)20-37-21-30(3,4)26-25(29)33(23-16-10-6-11-17-23)31(38-26)27(35)32(22-14-8-5-9-15-22)28(36)34(31)24-18-12-7-13-19-24/h5-19H,20-21H2,1-4H3. The molecule has 0 amide bonds. The molecule has 1 spiro atoms. The van der Waals surface area contributed by atoms with E-state index >= 15 is 0 Å². The number of hydrogen-bond donors (Lipinski definition) is 0. The maximum absolute atomic E-state index is 6.53. The summed E-state index contributed by atoms with van der Waals surface area (Å²) in [6.45, 7) is 9.52. The monoisotopic (exact) mass is 573 g/mol. The molecule has 0 saturated carbocycles. The van der Waals surface area contributed by atoms with Gasteiger partial charge in [-0.2, -0.15) is 11.8 Å². The van der Waals surface area contributed by atoms with Gasteiger partial charge in [0.2, 0.25) is 4.99 Å². The van der Waals surface area contributed by atoms with Crippen LogP contribution in [0.2, 0.25) is 0 Å². The summed E-state index contributed by atoms with van der Waals surface area (Å²) < 4.78 is 0. The molecule has 1 atom stereocenters. The van der Waals surface area contributed by atoms with Crippen molar-refractivity contribution in [1.82, 2.24) is 0 Å². The van der Waals surface area contributed by atoms with Gasteiger partial charge in [0.1, 0.15) is 4.99 Å². The van der Waals surface area contributed by atoms with Crippen LogP contribution in [-0.4, -0.2) is 26.6 Å². The molecule has 3 aromatic carbocycles. The molecule has 0 N–H and O–H groups in total. The van der Waals surface area contributed by atoms with Gasteiger partial charge in [0.05, 0.1) is 0 Å². The molecule has 0 bridgehead atoms. The van der Waals surface area contributed by atoms with Crippen molar-refractivity contribution in [2.24, 2.45) is 10.8 Å². The summed E-state index contributed by atoms with van der Waals surface area (Å²) in [7, 11) is 0. The van der Waals surface area contributed by atoms with Crippen LogP contribution < -0.4 is 14.7 Å². The average Bonchev–Trinajstić information content (AvgIpc) is 3.36. The molecular formula is C31H31N3S4. The van der Waals surface area contributed by atoms with Crippen LogP contribution in [0.4, 0.5) is 17.1 Å². The predicted molar refractivity (Wildman–Crippen MR) is 174 cm³/mol. The third-order valence-electron chi connectivity index (χ3n) is 7.38. The predicted octanol–water partition coefficient (Wildman–Crippen LogP) is 8.54. The van der Waals surface area contributed by atoms with E-state index in [0.717, 1.165) is 33.6 Å². The molecule has 6 rings (SSSR count). The molecule has 194 valence electrons. The maximum Gasteiger partial charge on any atom is 0.229 e. The highest BCUT2D eigenvalue weighted by Crippen LogP contribution is 2.64. The fourth-order valence-corrected chi connectivity index (χ4v) is 10.0. The second-order valence-corrected chi connectivity index (χ2v) is 14.2. The molecule has 3 nitrogen and oxygen atoms in total. The Balaban J connectivity index is 1.67. The second-order valence-electron chi connectivity index (χ2n) is 11.2. The first-order chi connectivity index (χ1) is 18.2. The second kappa shape index (κ2) is 9.40. The SMILES string of the molecule is CC1(C)CSCC(C)(C)C2=C1SC1(C(=S)N(c3ccccc3)C(=S)N1c1ccccc1)N2c1ccccc1. The van der Waals surface area contributed by atoms with Gasteiger partial charge in [-0.1, -0.05) is 106 Å². The molecule has 7 heteroatoms. The van der Waals surface area contributed by atoms with Gasteiger partial charge in [-0.15, -0.1) is 0 Å². The van der Waals surface area contributed by atoms with E-state index in [1.807, 2.05) is 41.7 Å². The molecule has 3 heterocycles. The molecular weight excluding hydrogens is 543 g/mol. The van der Waals surface area contributed by atoms with E-state index in [4.69, 9.17) is 24.4 Å². The first kappa shape index (κ1) is 25.9. The quantitative estimate of drug-likeness (QED) is 0.287. The Morgan fingerprint density at radius 3 is 1.66 bits per heavy atom. The normalized spacial score (nSPS) is 24.3. The van der Waals surface area contributed by atoms with Crippen LogP contribution in [0.5, 0.6) is 0 Å². The Hall–Kier alpha value is -2.32. The van der Waals surface area contributed by atoms with Gasteiger partial charge in [0, 0.05) is 50.0 Å². The highest BCUT2D eigenvalue weighted by Gasteiger charge is 2.65. The van der Waals surface area contributed by atoms with Crippen molar-refractivity contribution in [2.75, 3.05) is 26.2 Å². The minimum absolute atomic E-state index is 0.0191. The summed E-state index contributed by atoms with van der Waals surface area (Å²) in [5.41, 5.74) is 4.42. The molecule has 3 aliphatic rings. The molecule has 1 saturated heterocycles. The van der Waals surface area contributed by atoms with Gasteiger partial charge < -0.3 is 4.90 Å². The van der Waals surface area contributed by atoms with E-state index in [2.05, 4.69) is 115 Å². The van der Waals surface area contributed by atoms with Crippen molar-refractivity contribution in [3.63, 3.8) is 0 Å². The van der Waals surface area contributed by atoms with E-state index in [1.54, 1.807) is 0 Å². The largest absolute Gasteiger partial charge is 0.305 e. The van der Waals surface area contributed by atoms with Crippen molar-refractivity contribution in [1.29, 1.82) is 0 Å². The zero-order valence-electron chi connectivity index (χ0n) is 22.0. The number of allylic oxidation sites excluding steroid dienone is 2. The molecule has 1 unspecified atom stereocenters. The van der Waals surface area contributed by atoms with Gasteiger partial charge in [-0.05, 0) is 48.6 Å². The first-order valence-corrected chi connectivity index (χ1v) is 15.6. The van der Waals surface area contributed by atoms with E-state index in [-0.39, 0.29) is 10.8 Å². The molecule has 3 aliphatic heterocycles. The lowest BCUT2D eigenvalue weighted by Gasteiger charge is -2.45. The molecule has 0 aliphatic carbocycles. The lowest BCUT2D eigenvalue weighted by atomic mass is 9.84.